The van der Waals surface area contributed by atoms with Crippen LogP contribution in [0.25, 0.3) is 17.8 Å². The highest BCUT2D eigenvalue weighted by Gasteiger charge is 2.37. The van der Waals surface area contributed by atoms with Gasteiger partial charge in [0.15, 0.2) is 5.82 Å². The van der Waals surface area contributed by atoms with E-state index >= 15 is 0 Å². The van der Waals surface area contributed by atoms with Gasteiger partial charge >= 0.3 is 6.18 Å². The maximum absolute atomic E-state index is 13.6. The highest BCUT2D eigenvalue weighted by molar-refractivity contribution is 5.65. The monoisotopic (exact) mass is 480 g/mol. The van der Waals surface area contributed by atoms with E-state index in [1.165, 1.54) is 12.1 Å². The number of halogens is 3. The summed E-state index contributed by atoms with van der Waals surface area (Å²) >= 11 is 0. The van der Waals surface area contributed by atoms with Gasteiger partial charge in [0.05, 0.1) is 41.3 Å². The van der Waals surface area contributed by atoms with Crippen LogP contribution in [0.1, 0.15) is 58.6 Å². The number of aryl methyl sites for hydroxylation is 2. The van der Waals surface area contributed by atoms with Gasteiger partial charge in [0.1, 0.15) is 5.82 Å². The number of hydrogen-bond donors (Lipinski definition) is 1. The van der Waals surface area contributed by atoms with Gasteiger partial charge in [-0.3, -0.25) is 0 Å². The van der Waals surface area contributed by atoms with Gasteiger partial charge in [0.25, 0.3) is 0 Å². The van der Waals surface area contributed by atoms with Crippen LogP contribution in [0.2, 0.25) is 0 Å². The fraction of sp³-hybridized carbons (Fsp3) is 0.280. The van der Waals surface area contributed by atoms with Crippen molar-refractivity contribution in [2.75, 3.05) is 0 Å². The number of fused-ring (bicyclic) bond motifs is 1. The van der Waals surface area contributed by atoms with Crippen molar-refractivity contribution in [3.05, 3.63) is 88.8 Å². The van der Waals surface area contributed by atoms with Crippen molar-refractivity contribution in [2.45, 2.75) is 45.0 Å². The van der Waals surface area contributed by atoms with Gasteiger partial charge in [-0.1, -0.05) is 18.2 Å². The van der Waals surface area contributed by atoms with Crippen molar-refractivity contribution in [3.8, 4) is 5.69 Å². The zero-order valence-corrected chi connectivity index (χ0v) is 18.9. The Hall–Kier alpha value is -3.79. The Kier molecular flexibility index (Phi) is 5.98. The molecule has 10 heteroatoms. The molecule has 1 aromatic carbocycles. The van der Waals surface area contributed by atoms with Crippen LogP contribution in [0.4, 0.5) is 13.2 Å². The van der Waals surface area contributed by atoms with E-state index in [-0.39, 0.29) is 12.2 Å². The first-order chi connectivity index (χ1) is 16.8. The number of aromatic nitrogens is 6. The third-order valence-electron chi connectivity index (χ3n) is 6.05. The molecule has 0 saturated carbocycles. The largest absolute Gasteiger partial charge is 0.416 e. The molecule has 0 radical (unpaired) electrons. The minimum absolute atomic E-state index is 0.225. The average molecular weight is 480 g/mol. The standard InChI is InChI=1S/C25H23F3N6O/c1-16-13-33(15-29-16)22-10-8-17(30-21(22)14-35)9-11-23-31-24-19(6-4-12-34(24)32-23)18-5-2-3-7-20(18)25(26,27)28/h2-3,5,7-11,13,15,19,35H,4,6,12,14H2,1H3/t19-/m0/s1. The molecule has 1 N–H and O–H groups in total. The van der Waals surface area contributed by atoms with E-state index in [2.05, 4.69) is 20.1 Å². The summed E-state index contributed by atoms with van der Waals surface area (Å²) in [5.41, 5.74) is 2.26. The lowest BCUT2D eigenvalue weighted by Gasteiger charge is -2.25. The average Bonchev–Trinajstić information content (AvgIpc) is 3.47. The molecule has 180 valence electrons. The van der Waals surface area contributed by atoms with Crippen molar-refractivity contribution in [1.82, 2.24) is 29.3 Å². The van der Waals surface area contributed by atoms with Crippen LogP contribution >= 0.6 is 0 Å². The predicted molar refractivity (Wildman–Crippen MR) is 123 cm³/mol. The zero-order chi connectivity index (χ0) is 24.6. The first-order valence-electron chi connectivity index (χ1n) is 11.2. The van der Waals surface area contributed by atoms with E-state index in [9.17, 15) is 18.3 Å². The molecule has 0 aliphatic carbocycles. The highest BCUT2D eigenvalue weighted by atomic mass is 19.4. The molecular formula is C25H23F3N6O. The Balaban J connectivity index is 1.43. The van der Waals surface area contributed by atoms with E-state index < -0.39 is 17.7 Å². The Morgan fingerprint density at radius 3 is 2.69 bits per heavy atom. The lowest BCUT2D eigenvalue weighted by Crippen LogP contribution is -2.21. The van der Waals surface area contributed by atoms with Crippen molar-refractivity contribution in [2.24, 2.45) is 0 Å². The van der Waals surface area contributed by atoms with Gasteiger partial charge in [-0.15, -0.1) is 0 Å². The Labute approximate surface area is 199 Å². The second kappa shape index (κ2) is 9.10. The maximum atomic E-state index is 13.6. The van der Waals surface area contributed by atoms with E-state index in [1.54, 1.807) is 39.9 Å². The number of benzene rings is 1. The van der Waals surface area contributed by atoms with Crippen LogP contribution in [0.15, 0.2) is 48.9 Å². The molecule has 3 aromatic heterocycles. The van der Waals surface area contributed by atoms with Gasteiger partial charge in [0, 0.05) is 18.7 Å². The Bertz CT molecular complexity index is 1390. The molecule has 1 aliphatic heterocycles. The zero-order valence-electron chi connectivity index (χ0n) is 18.9. The Morgan fingerprint density at radius 1 is 1.11 bits per heavy atom. The fourth-order valence-corrected chi connectivity index (χ4v) is 4.46. The molecule has 35 heavy (non-hydrogen) atoms. The first kappa shape index (κ1) is 23.0. The van der Waals surface area contributed by atoms with Gasteiger partial charge in [-0.25, -0.2) is 19.6 Å². The molecule has 0 spiro atoms. The van der Waals surface area contributed by atoms with Gasteiger partial charge < -0.3 is 9.67 Å². The van der Waals surface area contributed by atoms with Crippen LogP contribution < -0.4 is 0 Å². The number of alkyl halides is 3. The third kappa shape index (κ3) is 4.61. The fourth-order valence-electron chi connectivity index (χ4n) is 4.46. The summed E-state index contributed by atoms with van der Waals surface area (Å²) in [5, 5.41) is 14.3. The summed E-state index contributed by atoms with van der Waals surface area (Å²) in [6, 6.07) is 9.32. The van der Waals surface area contributed by atoms with Gasteiger partial charge in [0.2, 0.25) is 0 Å². The number of imidazole rings is 1. The lowest BCUT2D eigenvalue weighted by atomic mass is 9.88. The molecule has 4 heterocycles. The number of hydrogen-bond acceptors (Lipinski definition) is 5. The maximum Gasteiger partial charge on any atom is 0.416 e. The lowest BCUT2D eigenvalue weighted by molar-refractivity contribution is -0.138. The van der Waals surface area contributed by atoms with Crippen LogP contribution in [0, 0.1) is 6.92 Å². The molecule has 0 bridgehead atoms. The van der Waals surface area contributed by atoms with E-state index in [0.29, 0.717) is 42.4 Å². The van der Waals surface area contributed by atoms with Gasteiger partial charge in [-0.2, -0.15) is 18.3 Å². The minimum Gasteiger partial charge on any atom is -0.390 e. The first-order valence-corrected chi connectivity index (χ1v) is 11.2. The summed E-state index contributed by atoms with van der Waals surface area (Å²) in [6.07, 6.45) is 3.77. The second-order valence-corrected chi connectivity index (χ2v) is 8.45. The van der Waals surface area contributed by atoms with E-state index in [4.69, 9.17) is 0 Å². The second-order valence-electron chi connectivity index (χ2n) is 8.45. The molecule has 7 nitrogen and oxygen atoms in total. The molecule has 0 fully saturated rings. The van der Waals surface area contributed by atoms with E-state index in [1.807, 2.05) is 19.2 Å². The smallest absolute Gasteiger partial charge is 0.390 e. The quantitative estimate of drug-likeness (QED) is 0.445. The SMILES string of the molecule is Cc1cn(-c2ccc(C=Cc3nc4n(n3)CCC[C@H]4c3ccccc3C(F)(F)F)nc2CO)cn1. The van der Waals surface area contributed by atoms with Crippen LogP contribution in [-0.2, 0) is 19.3 Å². The molecular weight excluding hydrogens is 457 g/mol. The molecule has 4 aromatic rings. The molecule has 1 aliphatic rings. The molecule has 0 saturated heterocycles. The topological polar surface area (TPSA) is 81.7 Å². The number of pyridine rings is 1. The summed E-state index contributed by atoms with van der Waals surface area (Å²) in [5.74, 6) is 0.453. The summed E-state index contributed by atoms with van der Waals surface area (Å²) in [4.78, 5) is 13.3. The van der Waals surface area contributed by atoms with Crippen LogP contribution in [0.5, 0.6) is 0 Å². The van der Waals surface area contributed by atoms with Crippen molar-refractivity contribution in [3.63, 3.8) is 0 Å². The summed E-state index contributed by atoms with van der Waals surface area (Å²) in [7, 11) is 0. The third-order valence-corrected chi connectivity index (χ3v) is 6.05. The predicted octanol–water partition coefficient (Wildman–Crippen LogP) is 4.77. The number of rotatable bonds is 5. The van der Waals surface area contributed by atoms with Crippen molar-refractivity contribution in [1.29, 1.82) is 0 Å². The van der Waals surface area contributed by atoms with Crippen LogP contribution in [-0.4, -0.2) is 34.4 Å². The highest BCUT2D eigenvalue weighted by Crippen LogP contribution is 2.40. The molecule has 5 rings (SSSR count). The van der Waals surface area contributed by atoms with E-state index in [0.717, 1.165) is 17.4 Å². The number of aliphatic hydroxyl groups is 1. The number of nitrogens with zero attached hydrogens (tertiary/aromatic N) is 6. The minimum atomic E-state index is -4.43. The molecule has 1 atom stereocenters. The number of aliphatic hydroxyl groups excluding tert-OH is 1. The Morgan fingerprint density at radius 2 is 1.94 bits per heavy atom. The summed E-state index contributed by atoms with van der Waals surface area (Å²) in [6.45, 7) is 2.24. The molecule has 0 unspecified atom stereocenters. The molecule has 0 amide bonds. The van der Waals surface area contributed by atoms with Crippen molar-refractivity contribution < 1.29 is 18.3 Å². The van der Waals surface area contributed by atoms with Crippen LogP contribution in [0.3, 0.4) is 0 Å². The normalized spacial score (nSPS) is 16.1. The van der Waals surface area contributed by atoms with Crippen molar-refractivity contribution >= 4 is 12.2 Å². The van der Waals surface area contributed by atoms with Gasteiger partial charge in [-0.05, 0) is 55.7 Å². The summed E-state index contributed by atoms with van der Waals surface area (Å²) < 4.78 is 44.3.